The van der Waals surface area contributed by atoms with Gasteiger partial charge in [0.25, 0.3) is 5.91 Å². The fourth-order valence-electron chi connectivity index (χ4n) is 2.69. The first-order valence-electron chi connectivity index (χ1n) is 9.19. The molecule has 0 spiro atoms. The van der Waals surface area contributed by atoms with Gasteiger partial charge in [-0.2, -0.15) is 0 Å². The number of amidine groups is 1. The number of hydrogen-bond acceptors (Lipinski definition) is 4. The van der Waals surface area contributed by atoms with Crippen LogP contribution in [-0.2, 0) is 4.79 Å². The number of aryl methyl sites for hydroxylation is 1. The van der Waals surface area contributed by atoms with E-state index in [0.717, 1.165) is 34.3 Å². The van der Waals surface area contributed by atoms with Gasteiger partial charge in [0.2, 0.25) is 0 Å². The molecule has 1 heterocycles. The molecule has 140 valence electrons. The zero-order valence-corrected chi connectivity index (χ0v) is 16.8. The Morgan fingerprint density at radius 1 is 1.07 bits per heavy atom. The Labute approximate surface area is 164 Å². The lowest BCUT2D eigenvalue weighted by molar-refractivity contribution is -0.113. The van der Waals surface area contributed by atoms with Gasteiger partial charge < -0.3 is 4.74 Å². The number of hydrogen-bond donors (Lipinski definition) is 0. The van der Waals surface area contributed by atoms with Crippen molar-refractivity contribution in [2.75, 3.05) is 17.3 Å². The average Bonchev–Trinajstić information content (AvgIpc) is 2.98. The van der Waals surface area contributed by atoms with E-state index in [1.165, 1.54) is 5.56 Å². The van der Waals surface area contributed by atoms with Crippen LogP contribution in [0, 0.1) is 6.92 Å². The molecule has 0 bridgehead atoms. The van der Waals surface area contributed by atoms with Gasteiger partial charge in [-0.1, -0.05) is 48.5 Å². The van der Waals surface area contributed by atoms with Gasteiger partial charge in [0.1, 0.15) is 11.4 Å². The summed E-state index contributed by atoms with van der Waals surface area (Å²) >= 11 is 1.60. The summed E-state index contributed by atoms with van der Waals surface area (Å²) in [6, 6.07) is 15.7. The molecule has 27 heavy (non-hydrogen) atoms. The number of ether oxygens (including phenoxy) is 1. The van der Waals surface area contributed by atoms with Gasteiger partial charge >= 0.3 is 0 Å². The van der Waals surface area contributed by atoms with E-state index in [2.05, 4.69) is 11.9 Å². The molecule has 1 amide bonds. The fourth-order valence-corrected chi connectivity index (χ4v) is 3.56. The third-order valence-corrected chi connectivity index (χ3v) is 5.20. The van der Waals surface area contributed by atoms with Crippen LogP contribution in [0.15, 0.2) is 59.2 Å². The Bertz CT molecular complexity index is 855. The largest absolute Gasteiger partial charge is 0.494 e. The molecule has 0 N–H and O–H groups in total. The highest BCUT2D eigenvalue weighted by molar-refractivity contribution is 8.14. The third-order valence-electron chi connectivity index (χ3n) is 4.05. The number of anilines is 1. The Hall–Kier alpha value is -2.53. The maximum atomic E-state index is 13.1. The number of amides is 1. The Balaban J connectivity index is 1.91. The molecule has 1 aliphatic heterocycles. The van der Waals surface area contributed by atoms with E-state index in [-0.39, 0.29) is 5.91 Å². The summed E-state index contributed by atoms with van der Waals surface area (Å²) in [5.74, 6) is 1.61. The van der Waals surface area contributed by atoms with Crippen LogP contribution in [0.3, 0.4) is 0 Å². The van der Waals surface area contributed by atoms with E-state index in [1.807, 2.05) is 68.5 Å². The number of carbonyl (C=O) groups excluding carboxylic acids is 1. The second kappa shape index (κ2) is 8.91. The summed E-state index contributed by atoms with van der Waals surface area (Å²) < 4.78 is 5.50. The van der Waals surface area contributed by atoms with E-state index >= 15 is 0 Å². The van der Waals surface area contributed by atoms with Crippen molar-refractivity contribution in [3.05, 3.63) is 65.4 Å². The maximum absolute atomic E-state index is 13.1. The number of benzene rings is 2. The lowest BCUT2D eigenvalue weighted by Gasteiger charge is -2.18. The minimum atomic E-state index is -0.0988. The summed E-state index contributed by atoms with van der Waals surface area (Å²) in [5, 5.41) is 0.726. The SMILES string of the molecule is CCCSC1=NC(=Cc2ccc(C)cc2)C(=O)N1c1ccc(OCC)cc1. The van der Waals surface area contributed by atoms with Crippen LogP contribution in [0.1, 0.15) is 31.4 Å². The summed E-state index contributed by atoms with van der Waals surface area (Å²) in [6.07, 6.45) is 2.87. The van der Waals surface area contributed by atoms with E-state index in [1.54, 1.807) is 16.7 Å². The Morgan fingerprint density at radius 3 is 2.41 bits per heavy atom. The molecule has 3 rings (SSSR count). The first-order valence-corrected chi connectivity index (χ1v) is 10.2. The van der Waals surface area contributed by atoms with E-state index in [4.69, 9.17) is 4.74 Å². The molecule has 0 aromatic heterocycles. The van der Waals surface area contributed by atoms with Crippen molar-refractivity contribution >= 4 is 34.6 Å². The van der Waals surface area contributed by atoms with Crippen molar-refractivity contribution < 1.29 is 9.53 Å². The predicted octanol–water partition coefficient (Wildman–Crippen LogP) is 5.28. The van der Waals surface area contributed by atoms with Crippen LogP contribution >= 0.6 is 11.8 Å². The van der Waals surface area contributed by atoms with E-state index < -0.39 is 0 Å². The van der Waals surface area contributed by atoms with Crippen LogP contribution in [0.4, 0.5) is 5.69 Å². The van der Waals surface area contributed by atoms with Crippen LogP contribution in [0.5, 0.6) is 5.75 Å². The number of thioether (sulfide) groups is 1. The number of nitrogens with zero attached hydrogens (tertiary/aromatic N) is 2. The number of rotatable bonds is 6. The van der Waals surface area contributed by atoms with Crippen LogP contribution in [-0.4, -0.2) is 23.4 Å². The summed E-state index contributed by atoms with van der Waals surface area (Å²) in [6.45, 7) is 6.73. The Kier molecular flexibility index (Phi) is 6.35. The van der Waals surface area contributed by atoms with Crippen molar-refractivity contribution in [1.29, 1.82) is 0 Å². The van der Waals surface area contributed by atoms with Crippen molar-refractivity contribution in [3.63, 3.8) is 0 Å². The maximum Gasteiger partial charge on any atom is 0.283 e. The molecule has 1 aliphatic rings. The topological polar surface area (TPSA) is 41.9 Å². The van der Waals surface area contributed by atoms with Crippen LogP contribution < -0.4 is 9.64 Å². The van der Waals surface area contributed by atoms with Crippen molar-refractivity contribution in [2.45, 2.75) is 27.2 Å². The monoisotopic (exact) mass is 380 g/mol. The molecule has 0 saturated carbocycles. The molecule has 0 saturated heterocycles. The molecule has 0 fully saturated rings. The standard InChI is InChI=1S/C22H24N2O2S/c1-4-14-27-22-23-20(15-17-8-6-16(3)7-9-17)21(25)24(22)18-10-12-19(13-11-18)26-5-2/h6-13,15H,4-5,14H2,1-3H3. The normalized spacial score (nSPS) is 15.4. The summed E-state index contributed by atoms with van der Waals surface area (Å²) in [5.41, 5.74) is 3.43. The molecular formula is C22H24N2O2S. The molecular weight excluding hydrogens is 356 g/mol. The second-order valence-electron chi connectivity index (χ2n) is 6.25. The molecule has 4 nitrogen and oxygen atoms in total. The lowest BCUT2D eigenvalue weighted by atomic mass is 10.1. The first-order chi connectivity index (χ1) is 13.1. The van der Waals surface area contributed by atoms with Crippen molar-refractivity contribution in [1.82, 2.24) is 0 Å². The molecule has 0 atom stereocenters. The molecule has 2 aromatic rings. The summed E-state index contributed by atoms with van der Waals surface area (Å²) in [7, 11) is 0. The van der Waals surface area contributed by atoms with Gasteiger partial charge in [-0.25, -0.2) is 4.99 Å². The average molecular weight is 381 g/mol. The fraction of sp³-hybridized carbons (Fsp3) is 0.273. The highest BCUT2D eigenvalue weighted by atomic mass is 32.2. The molecule has 5 heteroatoms. The predicted molar refractivity (Wildman–Crippen MR) is 114 cm³/mol. The minimum absolute atomic E-state index is 0.0988. The van der Waals surface area contributed by atoms with Gasteiger partial charge in [0.15, 0.2) is 5.17 Å². The molecule has 0 unspecified atom stereocenters. The zero-order valence-electron chi connectivity index (χ0n) is 15.9. The summed E-state index contributed by atoms with van der Waals surface area (Å²) in [4.78, 5) is 19.4. The number of carbonyl (C=O) groups is 1. The van der Waals surface area contributed by atoms with Crippen molar-refractivity contribution in [3.8, 4) is 5.75 Å². The van der Waals surface area contributed by atoms with E-state index in [9.17, 15) is 4.79 Å². The molecule has 0 aliphatic carbocycles. The van der Waals surface area contributed by atoms with Crippen LogP contribution in [0.25, 0.3) is 6.08 Å². The molecule has 2 aromatic carbocycles. The molecule has 0 radical (unpaired) electrons. The quantitative estimate of drug-likeness (QED) is 0.640. The smallest absolute Gasteiger partial charge is 0.283 e. The van der Waals surface area contributed by atoms with Crippen molar-refractivity contribution in [2.24, 2.45) is 4.99 Å². The minimum Gasteiger partial charge on any atom is -0.494 e. The second-order valence-corrected chi connectivity index (χ2v) is 7.31. The lowest BCUT2D eigenvalue weighted by Crippen LogP contribution is -2.30. The van der Waals surface area contributed by atoms with Gasteiger partial charge in [-0.3, -0.25) is 9.69 Å². The highest BCUT2D eigenvalue weighted by Crippen LogP contribution is 2.30. The number of aliphatic imine (C=N–C) groups is 1. The zero-order chi connectivity index (χ0) is 19.2. The van der Waals surface area contributed by atoms with Gasteiger partial charge in [-0.15, -0.1) is 0 Å². The van der Waals surface area contributed by atoms with Gasteiger partial charge in [-0.05, 0) is 56.2 Å². The van der Waals surface area contributed by atoms with Gasteiger partial charge in [0, 0.05) is 5.75 Å². The Morgan fingerprint density at radius 2 is 1.78 bits per heavy atom. The first kappa shape index (κ1) is 19.2. The van der Waals surface area contributed by atoms with Gasteiger partial charge in [0.05, 0.1) is 12.3 Å². The van der Waals surface area contributed by atoms with E-state index in [0.29, 0.717) is 12.3 Å². The highest BCUT2D eigenvalue weighted by Gasteiger charge is 2.31. The third kappa shape index (κ3) is 4.61. The van der Waals surface area contributed by atoms with Crippen LogP contribution in [0.2, 0.25) is 0 Å².